The van der Waals surface area contributed by atoms with Crippen LogP contribution in [0.4, 0.5) is 5.82 Å². The molecule has 0 saturated carbocycles. The Hall–Kier alpha value is -1.20. The molecule has 0 fully saturated rings. The Morgan fingerprint density at radius 2 is 2.17 bits per heavy atom. The fourth-order valence-corrected chi connectivity index (χ4v) is 2.29. The molecule has 0 bridgehead atoms. The van der Waals surface area contributed by atoms with Crippen molar-refractivity contribution in [1.29, 1.82) is 0 Å². The van der Waals surface area contributed by atoms with E-state index in [0.29, 0.717) is 23.7 Å². The molecule has 3 N–H and O–H groups in total. The SMILES string of the molecule is CCC(CC)(C(=O)Nc1ncccc1Cl)C(N)=S. The maximum absolute atomic E-state index is 12.3. The van der Waals surface area contributed by atoms with Gasteiger partial charge in [-0.3, -0.25) is 4.79 Å². The topological polar surface area (TPSA) is 68.0 Å². The van der Waals surface area contributed by atoms with Gasteiger partial charge in [-0.25, -0.2) is 4.98 Å². The minimum atomic E-state index is -0.851. The Bertz CT molecular complexity index is 460. The standard InChI is InChI=1S/C12H16ClN3OS/c1-3-12(4-2,10(14)18)11(17)16-9-8(13)6-5-7-15-9/h5-7H,3-4H2,1-2H3,(H2,14,18)(H,15,16,17). The number of halogens is 1. The Balaban J connectivity index is 3.00. The second-order valence-electron chi connectivity index (χ2n) is 3.94. The summed E-state index contributed by atoms with van der Waals surface area (Å²) < 4.78 is 0. The smallest absolute Gasteiger partial charge is 0.238 e. The van der Waals surface area contributed by atoms with Crippen LogP contribution in [0, 0.1) is 5.41 Å². The number of anilines is 1. The summed E-state index contributed by atoms with van der Waals surface area (Å²) in [5.41, 5.74) is 4.85. The molecule has 1 aromatic heterocycles. The van der Waals surface area contributed by atoms with Crippen LogP contribution in [0.1, 0.15) is 26.7 Å². The Labute approximate surface area is 117 Å². The zero-order valence-corrected chi connectivity index (χ0v) is 11.9. The number of pyridine rings is 1. The molecule has 0 aromatic carbocycles. The van der Waals surface area contributed by atoms with Crippen LogP contribution in [-0.4, -0.2) is 15.9 Å². The lowest BCUT2D eigenvalue weighted by atomic mass is 9.81. The van der Waals surface area contributed by atoms with Crippen LogP contribution < -0.4 is 11.1 Å². The van der Waals surface area contributed by atoms with Gasteiger partial charge in [-0.15, -0.1) is 0 Å². The number of aromatic nitrogens is 1. The van der Waals surface area contributed by atoms with Gasteiger partial charge >= 0.3 is 0 Å². The molecule has 0 saturated heterocycles. The first-order valence-electron chi connectivity index (χ1n) is 5.69. The van der Waals surface area contributed by atoms with Gasteiger partial charge in [-0.05, 0) is 25.0 Å². The highest BCUT2D eigenvalue weighted by atomic mass is 35.5. The van der Waals surface area contributed by atoms with E-state index in [1.165, 1.54) is 0 Å². The van der Waals surface area contributed by atoms with Crippen LogP contribution in [0.25, 0.3) is 0 Å². The zero-order valence-electron chi connectivity index (χ0n) is 10.4. The van der Waals surface area contributed by atoms with Gasteiger partial charge in [-0.1, -0.05) is 37.7 Å². The average Bonchev–Trinajstić information content (AvgIpc) is 2.34. The first-order chi connectivity index (χ1) is 8.47. The number of hydrogen-bond acceptors (Lipinski definition) is 3. The molecule has 0 unspecified atom stereocenters. The summed E-state index contributed by atoms with van der Waals surface area (Å²) in [7, 11) is 0. The summed E-state index contributed by atoms with van der Waals surface area (Å²) >= 11 is 11.0. The molecule has 1 heterocycles. The monoisotopic (exact) mass is 285 g/mol. The third kappa shape index (κ3) is 2.79. The van der Waals surface area contributed by atoms with E-state index in [1.54, 1.807) is 18.3 Å². The van der Waals surface area contributed by atoms with Crippen LogP contribution in [0.2, 0.25) is 5.02 Å². The van der Waals surface area contributed by atoms with E-state index in [9.17, 15) is 4.79 Å². The second-order valence-corrected chi connectivity index (χ2v) is 4.79. The largest absolute Gasteiger partial charge is 0.392 e. The number of nitrogens with two attached hydrogens (primary N) is 1. The van der Waals surface area contributed by atoms with Crippen molar-refractivity contribution < 1.29 is 4.79 Å². The van der Waals surface area contributed by atoms with Crippen molar-refractivity contribution in [2.45, 2.75) is 26.7 Å². The second kappa shape index (κ2) is 6.11. The molecule has 1 rings (SSSR count). The van der Waals surface area contributed by atoms with Gasteiger partial charge in [0.25, 0.3) is 0 Å². The van der Waals surface area contributed by atoms with E-state index in [2.05, 4.69) is 10.3 Å². The number of nitrogens with zero attached hydrogens (tertiary/aromatic N) is 1. The zero-order chi connectivity index (χ0) is 13.8. The molecule has 0 radical (unpaired) electrons. The first kappa shape index (κ1) is 14.9. The Morgan fingerprint density at radius 3 is 2.61 bits per heavy atom. The number of amides is 1. The molecule has 18 heavy (non-hydrogen) atoms. The van der Waals surface area contributed by atoms with Gasteiger partial charge in [0.05, 0.1) is 15.4 Å². The molecule has 0 atom stereocenters. The normalized spacial score (nSPS) is 11.1. The van der Waals surface area contributed by atoms with Gasteiger partial charge in [0.15, 0.2) is 5.82 Å². The van der Waals surface area contributed by atoms with E-state index in [0.717, 1.165) is 0 Å². The molecule has 1 aromatic rings. The summed E-state index contributed by atoms with van der Waals surface area (Å²) in [5.74, 6) is 0.0623. The third-order valence-corrected chi connectivity index (χ3v) is 3.80. The lowest BCUT2D eigenvalue weighted by Crippen LogP contribution is -2.45. The first-order valence-corrected chi connectivity index (χ1v) is 6.48. The van der Waals surface area contributed by atoms with Crippen LogP contribution in [0.15, 0.2) is 18.3 Å². The molecular formula is C12H16ClN3OS. The van der Waals surface area contributed by atoms with Crippen molar-refractivity contribution >= 4 is 40.5 Å². The van der Waals surface area contributed by atoms with Gasteiger partial charge < -0.3 is 11.1 Å². The number of carbonyl (C=O) groups is 1. The quantitative estimate of drug-likeness (QED) is 0.816. The van der Waals surface area contributed by atoms with Gasteiger partial charge in [0.2, 0.25) is 5.91 Å². The van der Waals surface area contributed by atoms with Gasteiger partial charge in [0.1, 0.15) is 0 Å². The van der Waals surface area contributed by atoms with Crippen molar-refractivity contribution in [3.05, 3.63) is 23.4 Å². The predicted molar refractivity (Wildman–Crippen MR) is 77.7 cm³/mol. The van der Waals surface area contributed by atoms with Gasteiger partial charge in [-0.2, -0.15) is 0 Å². The molecule has 0 aliphatic carbocycles. The van der Waals surface area contributed by atoms with Crippen LogP contribution in [0.3, 0.4) is 0 Å². The van der Waals surface area contributed by atoms with Gasteiger partial charge in [0, 0.05) is 6.20 Å². The summed E-state index contributed by atoms with van der Waals surface area (Å²) in [6.45, 7) is 3.75. The number of nitrogens with one attached hydrogen (secondary N) is 1. The highest BCUT2D eigenvalue weighted by Gasteiger charge is 2.38. The highest BCUT2D eigenvalue weighted by Crippen LogP contribution is 2.29. The molecule has 0 aliphatic rings. The van der Waals surface area contributed by atoms with Crippen molar-refractivity contribution in [3.63, 3.8) is 0 Å². The highest BCUT2D eigenvalue weighted by molar-refractivity contribution is 7.80. The van der Waals surface area contributed by atoms with E-state index < -0.39 is 5.41 Å². The van der Waals surface area contributed by atoms with Crippen LogP contribution in [0.5, 0.6) is 0 Å². The molecule has 1 amide bonds. The maximum Gasteiger partial charge on any atom is 0.238 e. The molecule has 6 heteroatoms. The van der Waals surface area contributed by atoms with Crippen molar-refractivity contribution in [1.82, 2.24) is 4.98 Å². The average molecular weight is 286 g/mol. The van der Waals surface area contributed by atoms with E-state index in [4.69, 9.17) is 29.6 Å². The summed E-state index contributed by atoms with van der Waals surface area (Å²) in [5, 5.41) is 3.07. The molecule has 0 spiro atoms. The van der Waals surface area contributed by atoms with Crippen molar-refractivity contribution in [2.24, 2.45) is 11.1 Å². The fourth-order valence-electron chi connectivity index (χ4n) is 1.74. The molecule has 4 nitrogen and oxygen atoms in total. The van der Waals surface area contributed by atoms with Crippen LogP contribution in [-0.2, 0) is 4.79 Å². The predicted octanol–water partition coefficient (Wildman–Crippen LogP) is 2.77. The Kier molecular flexibility index (Phi) is 5.04. The third-order valence-electron chi connectivity index (χ3n) is 3.10. The number of carbonyl (C=O) groups excluding carboxylic acids is 1. The van der Waals surface area contributed by atoms with Crippen molar-refractivity contribution in [2.75, 3.05) is 5.32 Å². The number of thiocarbonyl (C=S) groups is 1. The fraction of sp³-hybridized carbons (Fsp3) is 0.417. The number of rotatable bonds is 5. The van der Waals surface area contributed by atoms with Crippen molar-refractivity contribution in [3.8, 4) is 0 Å². The summed E-state index contributed by atoms with van der Waals surface area (Å²) in [6.07, 6.45) is 2.63. The minimum absolute atomic E-state index is 0.192. The molecule has 98 valence electrons. The van der Waals surface area contributed by atoms with E-state index >= 15 is 0 Å². The van der Waals surface area contributed by atoms with E-state index in [-0.39, 0.29) is 10.9 Å². The molecular weight excluding hydrogens is 270 g/mol. The van der Waals surface area contributed by atoms with Crippen LogP contribution >= 0.6 is 23.8 Å². The lowest BCUT2D eigenvalue weighted by Gasteiger charge is -2.28. The minimum Gasteiger partial charge on any atom is -0.392 e. The molecule has 0 aliphatic heterocycles. The maximum atomic E-state index is 12.3. The van der Waals surface area contributed by atoms with E-state index in [1.807, 2.05) is 13.8 Å². The summed E-state index contributed by atoms with van der Waals surface area (Å²) in [4.78, 5) is 16.5. The Morgan fingerprint density at radius 1 is 1.56 bits per heavy atom. The lowest BCUT2D eigenvalue weighted by molar-refractivity contribution is -0.122. The number of hydrogen-bond donors (Lipinski definition) is 2. The summed E-state index contributed by atoms with van der Waals surface area (Å²) in [6, 6.07) is 3.35.